The van der Waals surface area contributed by atoms with Crippen molar-refractivity contribution in [1.82, 2.24) is 4.90 Å². The molecule has 30 heavy (non-hydrogen) atoms. The van der Waals surface area contributed by atoms with Gasteiger partial charge in [0.15, 0.2) is 6.54 Å². The zero-order chi connectivity index (χ0) is 20.9. The fourth-order valence-corrected chi connectivity index (χ4v) is 4.10. The highest BCUT2D eigenvalue weighted by Gasteiger charge is 2.34. The van der Waals surface area contributed by atoms with Gasteiger partial charge in [0.2, 0.25) is 0 Å². The second kappa shape index (κ2) is 9.39. The van der Waals surface area contributed by atoms with E-state index in [2.05, 4.69) is 34.1 Å². The van der Waals surface area contributed by atoms with Gasteiger partial charge < -0.3 is 24.2 Å². The predicted octanol–water partition coefficient (Wildman–Crippen LogP) is 1.60. The molecule has 1 aliphatic heterocycles. The van der Waals surface area contributed by atoms with Gasteiger partial charge in [-0.2, -0.15) is 0 Å². The number of quaternary nitrogens is 1. The van der Waals surface area contributed by atoms with Gasteiger partial charge in [0.1, 0.15) is 11.5 Å². The van der Waals surface area contributed by atoms with Gasteiger partial charge >= 0.3 is 0 Å². The first-order valence-electron chi connectivity index (χ1n) is 10.8. The lowest BCUT2D eigenvalue weighted by molar-refractivity contribution is -0.892. The molecule has 2 aromatic carbocycles. The van der Waals surface area contributed by atoms with Crippen LogP contribution in [0.5, 0.6) is 11.5 Å². The van der Waals surface area contributed by atoms with E-state index < -0.39 is 0 Å². The quantitative estimate of drug-likeness (QED) is 0.718. The predicted molar refractivity (Wildman–Crippen MR) is 117 cm³/mol. The second-order valence-electron chi connectivity index (χ2n) is 8.21. The summed E-state index contributed by atoms with van der Waals surface area (Å²) in [5.74, 6) is 2.01. The molecule has 0 atom stereocenters. The zero-order valence-electron chi connectivity index (χ0n) is 18.0. The Morgan fingerprint density at radius 2 is 1.53 bits per heavy atom. The molecule has 0 aromatic heterocycles. The number of hydrogen-bond donors (Lipinski definition) is 1. The number of nitrogens with one attached hydrogen (secondary N) is 1. The highest BCUT2D eigenvalue weighted by atomic mass is 16.5. The minimum atomic E-state index is 0.279. The lowest BCUT2D eigenvalue weighted by Gasteiger charge is -2.34. The van der Waals surface area contributed by atoms with Crippen molar-refractivity contribution in [2.45, 2.75) is 25.4 Å². The van der Waals surface area contributed by atoms with Crippen molar-refractivity contribution < 1.29 is 19.2 Å². The van der Waals surface area contributed by atoms with Gasteiger partial charge in [-0.3, -0.25) is 4.79 Å². The number of ether oxygens (including phenoxy) is 2. The molecule has 0 spiro atoms. The largest absolute Gasteiger partial charge is 0.497 e. The number of piperazine rings is 1. The van der Waals surface area contributed by atoms with Crippen LogP contribution in [0.3, 0.4) is 0 Å². The number of benzene rings is 2. The standard InChI is InChI=1S/C24H31N3O3/c1-29-22-9-3-19(4-10-22)17-27(21-5-6-21)24(28)18-25-13-15-26(16-14-25)20-7-11-23(30-2)12-8-20/h3-4,7-12,21H,5-6,13-18H2,1-2H3/p+1. The molecule has 2 fully saturated rings. The molecule has 1 saturated carbocycles. The summed E-state index contributed by atoms with van der Waals surface area (Å²) in [4.78, 5) is 19.0. The minimum absolute atomic E-state index is 0.279. The lowest BCUT2D eigenvalue weighted by Crippen LogP contribution is -3.15. The molecule has 0 bridgehead atoms. The Morgan fingerprint density at radius 1 is 0.967 bits per heavy atom. The molecule has 2 aromatic rings. The molecule has 2 aliphatic rings. The van der Waals surface area contributed by atoms with Gasteiger partial charge in [0.05, 0.1) is 40.4 Å². The number of hydrogen-bond acceptors (Lipinski definition) is 4. The number of rotatable bonds is 8. The van der Waals surface area contributed by atoms with E-state index >= 15 is 0 Å². The van der Waals surface area contributed by atoms with Crippen molar-refractivity contribution in [3.05, 3.63) is 54.1 Å². The maximum absolute atomic E-state index is 13.1. The molecule has 0 radical (unpaired) electrons. The Hall–Kier alpha value is -2.73. The topological polar surface area (TPSA) is 46.5 Å². The molecule has 1 saturated heterocycles. The monoisotopic (exact) mass is 410 g/mol. The number of amides is 1. The van der Waals surface area contributed by atoms with E-state index in [9.17, 15) is 4.79 Å². The first-order chi connectivity index (χ1) is 14.7. The van der Waals surface area contributed by atoms with Crippen molar-refractivity contribution in [2.24, 2.45) is 0 Å². The second-order valence-corrected chi connectivity index (χ2v) is 8.21. The molecule has 4 rings (SSSR count). The summed E-state index contributed by atoms with van der Waals surface area (Å²) in [5.41, 5.74) is 2.38. The van der Waals surface area contributed by atoms with Gasteiger partial charge in [-0.1, -0.05) is 12.1 Å². The molecule has 0 unspecified atom stereocenters. The van der Waals surface area contributed by atoms with E-state index in [1.54, 1.807) is 14.2 Å². The molecule has 160 valence electrons. The summed E-state index contributed by atoms with van der Waals surface area (Å²) in [7, 11) is 3.36. The van der Waals surface area contributed by atoms with Crippen molar-refractivity contribution >= 4 is 11.6 Å². The van der Waals surface area contributed by atoms with Crippen LogP contribution in [-0.4, -0.2) is 63.8 Å². The molecule has 6 heteroatoms. The van der Waals surface area contributed by atoms with Crippen molar-refractivity contribution in [3.63, 3.8) is 0 Å². The number of nitrogens with zero attached hydrogens (tertiary/aromatic N) is 2. The molecule has 1 amide bonds. The van der Waals surface area contributed by atoms with Gasteiger partial charge in [0.25, 0.3) is 5.91 Å². The summed E-state index contributed by atoms with van der Waals surface area (Å²) in [6, 6.07) is 16.7. The third kappa shape index (κ3) is 5.05. The Morgan fingerprint density at radius 3 is 2.07 bits per heavy atom. The number of methoxy groups -OCH3 is 2. The van der Waals surface area contributed by atoms with Crippen LogP contribution in [-0.2, 0) is 11.3 Å². The van der Waals surface area contributed by atoms with Crippen LogP contribution in [0.1, 0.15) is 18.4 Å². The average molecular weight is 411 g/mol. The van der Waals surface area contributed by atoms with Crippen LogP contribution in [0.4, 0.5) is 5.69 Å². The number of anilines is 1. The zero-order valence-corrected chi connectivity index (χ0v) is 18.0. The van der Waals surface area contributed by atoms with E-state index in [1.165, 1.54) is 10.6 Å². The first-order valence-corrected chi connectivity index (χ1v) is 10.8. The average Bonchev–Trinajstić information content (AvgIpc) is 3.63. The van der Waals surface area contributed by atoms with Crippen molar-refractivity contribution in [1.29, 1.82) is 0 Å². The SMILES string of the molecule is COc1ccc(CN(C(=O)C[NH+]2CCN(c3ccc(OC)cc3)CC2)C2CC2)cc1. The normalized spacial score (nSPS) is 16.9. The Balaban J connectivity index is 1.30. The fourth-order valence-electron chi connectivity index (χ4n) is 4.10. The maximum atomic E-state index is 13.1. The van der Waals surface area contributed by atoms with Crippen LogP contribution in [0.25, 0.3) is 0 Å². The molecule has 1 aliphatic carbocycles. The Kier molecular flexibility index (Phi) is 6.43. The summed E-state index contributed by atoms with van der Waals surface area (Å²) in [6.45, 7) is 5.19. The summed E-state index contributed by atoms with van der Waals surface area (Å²) >= 11 is 0. The van der Waals surface area contributed by atoms with E-state index in [0.717, 1.165) is 56.1 Å². The van der Waals surface area contributed by atoms with Crippen LogP contribution < -0.4 is 19.3 Å². The number of carbonyl (C=O) groups excluding carboxylic acids is 1. The summed E-state index contributed by atoms with van der Waals surface area (Å²) in [6.07, 6.45) is 2.25. The van der Waals surface area contributed by atoms with Gasteiger partial charge in [-0.05, 0) is 54.8 Å². The summed E-state index contributed by atoms with van der Waals surface area (Å²) in [5, 5.41) is 0. The Bertz CT molecular complexity index is 826. The molecular formula is C24H32N3O3+. The highest BCUT2D eigenvalue weighted by Crippen LogP contribution is 2.28. The smallest absolute Gasteiger partial charge is 0.278 e. The van der Waals surface area contributed by atoms with E-state index in [-0.39, 0.29) is 5.91 Å². The maximum Gasteiger partial charge on any atom is 0.278 e. The molecular weight excluding hydrogens is 378 g/mol. The van der Waals surface area contributed by atoms with Gasteiger partial charge in [-0.15, -0.1) is 0 Å². The lowest BCUT2D eigenvalue weighted by atomic mass is 10.2. The third-order valence-electron chi connectivity index (χ3n) is 6.13. The van der Waals surface area contributed by atoms with Gasteiger partial charge in [0, 0.05) is 18.3 Å². The highest BCUT2D eigenvalue weighted by molar-refractivity contribution is 5.77. The first kappa shape index (κ1) is 20.5. The number of carbonyl (C=O) groups is 1. The van der Waals surface area contributed by atoms with E-state index in [0.29, 0.717) is 19.1 Å². The van der Waals surface area contributed by atoms with Crippen molar-refractivity contribution in [3.8, 4) is 11.5 Å². The van der Waals surface area contributed by atoms with Crippen LogP contribution in [0, 0.1) is 0 Å². The van der Waals surface area contributed by atoms with Crippen LogP contribution in [0.2, 0.25) is 0 Å². The molecule has 6 nitrogen and oxygen atoms in total. The molecule has 1 heterocycles. The third-order valence-corrected chi connectivity index (χ3v) is 6.13. The van der Waals surface area contributed by atoms with Crippen LogP contribution >= 0.6 is 0 Å². The molecule has 1 N–H and O–H groups in total. The van der Waals surface area contributed by atoms with E-state index in [4.69, 9.17) is 9.47 Å². The summed E-state index contributed by atoms with van der Waals surface area (Å²) < 4.78 is 10.5. The minimum Gasteiger partial charge on any atom is -0.497 e. The van der Waals surface area contributed by atoms with Gasteiger partial charge in [-0.25, -0.2) is 0 Å². The fraction of sp³-hybridized carbons (Fsp3) is 0.458. The van der Waals surface area contributed by atoms with Crippen LogP contribution in [0.15, 0.2) is 48.5 Å². The Labute approximate surface area is 179 Å². The van der Waals surface area contributed by atoms with E-state index in [1.807, 2.05) is 24.3 Å². The van der Waals surface area contributed by atoms with Crippen molar-refractivity contribution in [2.75, 3.05) is 51.8 Å².